The normalized spacial score (nSPS) is 27.0. The number of hydrogen-bond donors (Lipinski definition) is 1. The summed E-state index contributed by atoms with van der Waals surface area (Å²) in [4.78, 5) is 16.4. The summed E-state index contributed by atoms with van der Waals surface area (Å²) in [6, 6.07) is 9.33. The maximum atomic E-state index is 12.9. The van der Waals surface area contributed by atoms with Crippen molar-refractivity contribution in [2.45, 2.75) is 5.00 Å². The number of Topliss-reactive ketones (excluding diaryl/α,β-unsaturated/α-hetero) is 1. The average molecular weight is 338 g/mol. The van der Waals surface area contributed by atoms with Crippen molar-refractivity contribution in [3.63, 3.8) is 0 Å². The van der Waals surface area contributed by atoms with E-state index in [1.807, 2.05) is 30.3 Å². The number of carbonyl (C=O) groups is 1. The minimum atomic E-state index is -0.994. The summed E-state index contributed by atoms with van der Waals surface area (Å²) in [5.74, 6) is -0.0195. The molecule has 126 valence electrons. The molecule has 23 heavy (non-hydrogen) atoms. The van der Waals surface area contributed by atoms with Crippen LogP contribution in [0.15, 0.2) is 30.3 Å². The first kappa shape index (κ1) is 16.9. The molecule has 0 aliphatic carbocycles. The van der Waals surface area contributed by atoms with Gasteiger partial charge in [0.15, 0.2) is 10.8 Å². The molecule has 2 aliphatic heterocycles. The largest absolute Gasteiger partial charge is 0.379 e. The quantitative estimate of drug-likeness (QED) is 0.494. The van der Waals surface area contributed by atoms with Crippen LogP contribution in [0, 0.1) is 0 Å². The molecule has 2 heterocycles. The fraction of sp³-hybridized carbons (Fsp3) is 0.588. The second-order valence-corrected chi connectivity index (χ2v) is 6.70. The van der Waals surface area contributed by atoms with Crippen LogP contribution in [0.4, 0.5) is 0 Å². The van der Waals surface area contributed by atoms with E-state index in [1.165, 1.54) is 0 Å². The fourth-order valence-corrected chi connectivity index (χ4v) is 3.54. The summed E-state index contributed by atoms with van der Waals surface area (Å²) in [6.07, 6.45) is 0. The zero-order valence-electron chi connectivity index (χ0n) is 13.3. The van der Waals surface area contributed by atoms with Gasteiger partial charge in [0.2, 0.25) is 0 Å². The van der Waals surface area contributed by atoms with Gasteiger partial charge in [-0.25, -0.2) is 0 Å². The standard InChI is InChI=1S/C17H24ClN3O2/c18-17(16(22)15-4-2-1-3-5-15)14-19-6-7-21(17)9-8-20-10-12-23-13-11-20/h1-5,19H,6-14H2. The van der Waals surface area contributed by atoms with Crippen LogP contribution in [0.5, 0.6) is 0 Å². The molecule has 0 radical (unpaired) electrons. The number of nitrogens with zero attached hydrogens (tertiary/aromatic N) is 2. The number of morpholine rings is 1. The van der Waals surface area contributed by atoms with Gasteiger partial charge in [-0.2, -0.15) is 0 Å². The molecule has 0 spiro atoms. The summed E-state index contributed by atoms with van der Waals surface area (Å²) >= 11 is 6.81. The van der Waals surface area contributed by atoms with Gasteiger partial charge in [0.25, 0.3) is 0 Å². The molecule has 1 aromatic carbocycles. The average Bonchev–Trinajstić information content (AvgIpc) is 2.62. The lowest BCUT2D eigenvalue weighted by molar-refractivity contribution is 0.0261. The van der Waals surface area contributed by atoms with E-state index in [4.69, 9.17) is 16.3 Å². The molecule has 1 aromatic rings. The Balaban J connectivity index is 1.68. The Morgan fingerprint density at radius 3 is 2.65 bits per heavy atom. The van der Waals surface area contributed by atoms with Crippen molar-refractivity contribution in [2.75, 3.05) is 59.0 Å². The van der Waals surface area contributed by atoms with Crippen molar-refractivity contribution in [2.24, 2.45) is 0 Å². The van der Waals surface area contributed by atoms with E-state index in [2.05, 4.69) is 15.1 Å². The SMILES string of the molecule is O=C(c1ccccc1)C1(Cl)CNCCN1CCN1CCOCC1. The lowest BCUT2D eigenvalue weighted by atomic mass is 10.0. The van der Waals surface area contributed by atoms with Gasteiger partial charge in [-0.1, -0.05) is 41.9 Å². The summed E-state index contributed by atoms with van der Waals surface area (Å²) < 4.78 is 5.38. The Labute approximate surface area is 142 Å². The zero-order chi connectivity index (χ0) is 16.1. The number of rotatable bonds is 5. The monoisotopic (exact) mass is 337 g/mol. The van der Waals surface area contributed by atoms with Gasteiger partial charge in [-0.3, -0.25) is 14.6 Å². The van der Waals surface area contributed by atoms with Crippen molar-refractivity contribution in [3.8, 4) is 0 Å². The van der Waals surface area contributed by atoms with Gasteiger partial charge < -0.3 is 10.1 Å². The number of carbonyl (C=O) groups excluding carboxylic acids is 1. The predicted octanol–water partition coefficient (Wildman–Crippen LogP) is 1.04. The molecular weight excluding hydrogens is 314 g/mol. The second kappa shape index (κ2) is 7.73. The van der Waals surface area contributed by atoms with Gasteiger partial charge in [-0.05, 0) is 0 Å². The molecular formula is C17H24ClN3O2. The number of ketones is 1. The first-order valence-corrected chi connectivity index (χ1v) is 8.62. The van der Waals surface area contributed by atoms with Gasteiger partial charge in [0, 0.05) is 51.4 Å². The van der Waals surface area contributed by atoms with E-state index in [0.29, 0.717) is 12.1 Å². The number of alkyl halides is 1. The Morgan fingerprint density at radius 2 is 1.91 bits per heavy atom. The molecule has 0 bridgehead atoms. The van der Waals surface area contributed by atoms with Gasteiger partial charge in [0.05, 0.1) is 13.2 Å². The summed E-state index contributed by atoms with van der Waals surface area (Å²) in [5, 5.41) is 3.27. The van der Waals surface area contributed by atoms with Crippen LogP contribution in [0.1, 0.15) is 10.4 Å². The molecule has 2 fully saturated rings. The minimum Gasteiger partial charge on any atom is -0.379 e. The Bertz CT molecular complexity index is 522. The summed E-state index contributed by atoms with van der Waals surface area (Å²) in [6.45, 7) is 7.32. The number of ether oxygens (including phenoxy) is 1. The molecule has 2 saturated heterocycles. The Hall–Kier alpha value is -0.980. The minimum absolute atomic E-state index is 0.0195. The van der Waals surface area contributed by atoms with Crippen LogP contribution in [-0.4, -0.2) is 79.6 Å². The van der Waals surface area contributed by atoms with Crippen LogP contribution >= 0.6 is 11.6 Å². The first-order valence-electron chi connectivity index (χ1n) is 8.25. The highest BCUT2D eigenvalue weighted by molar-refractivity contribution is 6.37. The van der Waals surface area contributed by atoms with E-state index in [9.17, 15) is 4.79 Å². The molecule has 0 saturated carbocycles. The third kappa shape index (κ3) is 3.92. The second-order valence-electron chi connectivity index (χ2n) is 6.07. The predicted molar refractivity (Wildman–Crippen MR) is 91.1 cm³/mol. The molecule has 0 amide bonds. The van der Waals surface area contributed by atoms with Crippen LogP contribution < -0.4 is 5.32 Å². The number of benzene rings is 1. The van der Waals surface area contributed by atoms with Crippen molar-refractivity contribution < 1.29 is 9.53 Å². The number of nitrogens with one attached hydrogen (secondary N) is 1. The summed E-state index contributed by atoms with van der Waals surface area (Å²) in [7, 11) is 0. The van der Waals surface area contributed by atoms with E-state index in [1.54, 1.807) is 0 Å². The van der Waals surface area contributed by atoms with Gasteiger partial charge in [-0.15, -0.1) is 0 Å². The lowest BCUT2D eigenvalue weighted by Crippen LogP contribution is -2.63. The van der Waals surface area contributed by atoms with E-state index >= 15 is 0 Å². The first-order chi connectivity index (χ1) is 11.2. The van der Waals surface area contributed by atoms with Crippen molar-refractivity contribution >= 4 is 17.4 Å². The fourth-order valence-electron chi connectivity index (χ4n) is 3.17. The smallest absolute Gasteiger partial charge is 0.199 e. The third-order valence-corrected chi connectivity index (χ3v) is 5.14. The van der Waals surface area contributed by atoms with Crippen molar-refractivity contribution in [1.82, 2.24) is 15.1 Å². The summed E-state index contributed by atoms with van der Waals surface area (Å²) in [5.41, 5.74) is 0.669. The highest BCUT2D eigenvalue weighted by Gasteiger charge is 2.44. The lowest BCUT2D eigenvalue weighted by Gasteiger charge is -2.43. The maximum Gasteiger partial charge on any atom is 0.199 e. The molecule has 6 heteroatoms. The highest BCUT2D eigenvalue weighted by atomic mass is 35.5. The van der Waals surface area contributed by atoms with Gasteiger partial charge in [0.1, 0.15) is 0 Å². The van der Waals surface area contributed by atoms with E-state index in [0.717, 1.165) is 52.5 Å². The number of piperazine rings is 1. The molecule has 5 nitrogen and oxygen atoms in total. The van der Waals surface area contributed by atoms with Crippen molar-refractivity contribution in [3.05, 3.63) is 35.9 Å². The van der Waals surface area contributed by atoms with Crippen molar-refractivity contribution in [1.29, 1.82) is 0 Å². The Morgan fingerprint density at radius 1 is 1.17 bits per heavy atom. The highest BCUT2D eigenvalue weighted by Crippen LogP contribution is 2.27. The number of halogens is 1. The zero-order valence-corrected chi connectivity index (χ0v) is 14.1. The van der Waals surface area contributed by atoms with Crippen LogP contribution in [0.25, 0.3) is 0 Å². The van der Waals surface area contributed by atoms with Crippen LogP contribution in [-0.2, 0) is 4.74 Å². The number of hydrogen-bond acceptors (Lipinski definition) is 5. The van der Waals surface area contributed by atoms with Crippen LogP contribution in [0.2, 0.25) is 0 Å². The van der Waals surface area contributed by atoms with E-state index in [-0.39, 0.29) is 5.78 Å². The molecule has 1 unspecified atom stereocenters. The maximum absolute atomic E-state index is 12.9. The topological polar surface area (TPSA) is 44.8 Å². The molecule has 1 N–H and O–H groups in total. The molecule has 2 aliphatic rings. The van der Waals surface area contributed by atoms with E-state index < -0.39 is 5.00 Å². The Kier molecular flexibility index (Phi) is 5.67. The third-order valence-electron chi connectivity index (χ3n) is 4.59. The molecule has 0 aromatic heterocycles. The van der Waals surface area contributed by atoms with Crippen LogP contribution in [0.3, 0.4) is 0 Å². The van der Waals surface area contributed by atoms with Gasteiger partial charge >= 0.3 is 0 Å². The molecule has 1 atom stereocenters. The molecule has 3 rings (SSSR count).